The summed E-state index contributed by atoms with van der Waals surface area (Å²) in [5, 5.41) is 11.6. The van der Waals surface area contributed by atoms with E-state index in [1.165, 1.54) is 21.3 Å². The zero-order valence-electron chi connectivity index (χ0n) is 14.6. The first-order chi connectivity index (χ1) is 13.5. The van der Waals surface area contributed by atoms with Gasteiger partial charge < -0.3 is 5.11 Å². The van der Waals surface area contributed by atoms with Crippen molar-refractivity contribution in [1.82, 2.24) is 9.55 Å². The Kier molecular flexibility index (Phi) is 4.98. The quantitative estimate of drug-likeness (QED) is 0.527. The third kappa shape index (κ3) is 3.44. The second-order valence-electron chi connectivity index (χ2n) is 6.31. The van der Waals surface area contributed by atoms with E-state index in [9.17, 15) is 14.7 Å². The van der Waals surface area contributed by atoms with Crippen LogP contribution < -0.4 is 5.56 Å². The minimum atomic E-state index is -1.13. The van der Waals surface area contributed by atoms with E-state index in [4.69, 9.17) is 11.6 Å². The zero-order chi connectivity index (χ0) is 19.7. The lowest BCUT2D eigenvalue weighted by molar-refractivity contribution is 0.0699. The molecule has 0 saturated heterocycles. The van der Waals surface area contributed by atoms with E-state index in [0.29, 0.717) is 22.1 Å². The van der Waals surface area contributed by atoms with Crippen LogP contribution >= 0.6 is 22.9 Å². The zero-order valence-corrected chi connectivity index (χ0v) is 16.2. The largest absolute Gasteiger partial charge is 0.478 e. The highest BCUT2D eigenvalue weighted by Gasteiger charge is 2.20. The molecule has 0 bridgehead atoms. The molecule has 0 amide bonds. The molecule has 0 aliphatic rings. The number of thiophene rings is 1. The van der Waals surface area contributed by atoms with E-state index < -0.39 is 5.97 Å². The smallest absolute Gasteiger partial charge is 0.337 e. The van der Waals surface area contributed by atoms with E-state index in [-0.39, 0.29) is 23.1 Å². The maximum Gasteiger partial charge on any atom is 0.337 e. The first kappa shape index (κ1) is 18.4. The van der Waals surface area contributed by atoms with Crippen molar-refractivity contribution in [3.05, 3.63) is 97.9 Å². The van der Waals surface area contributed by atoms with Crippen molar-refractivity contribution in [1.29, 1.82) is 0 Å². The van der Waals surface area contributed by atoms with Crippen molar-refractivity contribution in [2.24, 2.45) is 0 Å². The van der Waals surface area contributed by atoms with Gasteiger partial charge in [0.15, 0.2) is 0 Å². The number of hydrogen-bond donors (Lipinski definition) is 1. The minimum absolute atomic E-state index is 0.0170. The number of rotatable bonds is 5. The first-order valence-electron chi connectivity index (χ1n) is 8.56. The van der Waals surface area contributed by atoms with Crippen molar-refractivity contribution < 1.29 is 9.90 Å². The van der Waals surface area contributed by atoms with Crippen LogP contribution in [0.2, 0.25) is 5.02 Å². The van der Waals surface area contributed by atoms with Gasteiger partial charge in [0, 0.05) is 16.8 Å². The maximum absolute atomic E-state index is 13.3. The number of halogens is 1. The van der Waals surface area contributed by atoms with Crippen LogP contribution in [0.15, 0.2) is 64.8 Å². The summed E-state index contributed by atoms with van der Waals surface area (Å²) in [6, 6.07) is 17.0. The molecule has 140 valence electrons. The molecular weight excluding hydrogens is 396 g/mol. The van der Waals surface area contributed by atoms with Crippen LogP contribution in [-0.2, 0) is 13.0 Å². The van der Waals surface area contributed by atoms with Crippen molar-refractivity contribution in [3.63, 3.8) is 0 Å². The van der Waals surface area contributed by atoms with Crippen LogP contribution in [0.5, 0.6) is 0 Å². The number of nitrogens with zero attached hydrogens (tertiary/aromatic N) is 2. The van der Waals surface area contributed by atoms with Gasteiger partial charge in [-0.1, -0.05) is 60.1 Å². The molecule has 0 fully saturated rings. The Morgan fingerprint density at radius 3 is 2.54 bits per heavy atom. The van der Waals surface area contributed by atoms with Gasteiger partial charge >= 0.3 is 5.97 Å². The van der Waals surface area contributed by atoms with Gasteiger partial charge in [-0.25, -0.2) is 9.78 Å². The van der Waals surface area contributed by atoms with Crippen LogP contribution in [0.1, 0.15) is 27.3 Å². The van der Waals surface area contributed by atoms with E-state index in [2.05, 4.69) is 4.98 Å². The normalized spacial score (nSPS) is 11.0. The standard InChI is InChI=1S/C21H15ClN2O3S/c22-16-9-5-4-8-14(16)11-24-17(10-13-6-2-1-3-7-13)23-19-18(20(24)25)15(12-28-19)21(26)27/h1-9,12H,10-11H2,(H,26,27). The Balaban J connectivity index is 1.92. The van der Waals surface area contributed by atoms with Crippen molar-refractivity contribution in [2.75, 3.05) is 0 Å². The number of benzene rings is 2. The molecule has 28 heavy (non-hydrogen) atoms. The lowest BCUT2D eigenvalue weighted by atomic mass is 10.1. The number of carboxylic acid groups (broad SMARTS) is 1. The molecule has 0 radical (unpaired) electrons. The number of carbonyl (C=O) groups is 1. The monoisotopic (exact) mass is 410 g/mol. The van der Waals surface area contributed by atoms with Crippen LogP contribution in [0.4, 0.5) is 0 Å². The fraction of sp³-hybridized carbons (Fsp3) is 0.0952. The van der Waals surface area contributed by atoms with Gasteiger partial charge in [0.05, 0.1) is 17.5 Å². The van der Waals surface area contributed by atoms with E-state index in [1.54, 1.807) is 6.07 Å². The van der Waals surface area contributed by atoms with E-state index >= 15 is 0 Å². The maximum atomic E-state index is 13.3. The van der Waals surface area contributed by atoms with Gasteiger partial charge in [0.2, 0.25) is 0 Å². The highest BCUT2D eigenvalue weighted by atomic mass is 35.5. The second kappa shape index (κ2) is 7.58. The SMILES string of the molecule is O=C(O)c1csc2nc(Cc3ccccc3)n(Cc3ccccc3Cl)c(=O)c12. The summed E-state index contributed by atoms with van der Waals surface area (Å²) in [6.45, 7) is 0.221. The van der Waals surface area contributed by atoms with Crippen LogP contribution in [0.3, 0.4) is 0 Å². The Labute approximate surface area is 169 Å². The summed E-state index contributed by atoms with van der Waals surface area (Å²) < 4.78 is 1.52. The molecule has 5 nitrogen and oxygen atoms in total. The van der Waals surface area contributed by atoms with Crippen LogP contribution in [0, 0.1) is 0 Å². The number of hydrogen-bond acceptors (Lipinski definition) is 4. The summed E-state index contributed by atoms with van der Waals surface area (Å²) in [5.74, 6) is -0.562. The first-order valence-corrected chi connectivity index (χ1v) is 9.82. The van der Waals surface area contributed by atoms with Crippen LogP contribution in [0.25, 0.3) is 10.2 Å². The lowest BCUT2D eigenvalue weighted by Gasteiger charge is -2.14. The molecule has 0 aliphatic carbocycles. The average Bonchev–Trinajstić information content (AvgIpc) is 3.11. The van der Waals surface area contributed by atoms with Gasteiger partial charge in [0.25, 0.3) is 5.56 Å². The van der Waals surface area contributed by atoms with Gasteiger partial charge in [-0.3, -0.25) is 9.36 Å². The summed E-state index contributed by atoms with van der Waals surface area (Å²) in [5.41, 5.74) is 1.40. The average molecular weight is 411 g/mol. The molecule has 2 heterocycles. The highest BCUT2D eigenvalue weighted by molar-refractivity contribution is 7.17. The Morgan fingerprint density at radius 2 is 1.82 bits per heavy atom. The number of aromatic nitrogens is 2. The molecule has 2 aromatic carbocycles. The van der Waals surface area contributed by atoms with E-state index in [0.717, 1.165) is 11.1 Å². The van der Waals surface area contributed by atoms with Gasteiger partial charge in [-0.2, -0.15) is 0 Å². The summed E-state index contributed by atoms with van der Waals surface area (Å²) >= 11 is 7.46. The van der Waals surface area contributed by atoms with E-state index in [1.807, 2.05) is 48.5 Å². The molecule has 1 N–H and O–H groups in total. The fourth-order valence-electron chi connectivity index (χ4n) is 3.10. The predicted octanol–water partition coefficient (Wildman–Crippen LogP) is 4.45. The van der Waals surface area contributed by atoms with Gasteiger partial charge in [-0.05, 0) is 17.2 Å². The minimum Gasteiger partial charge on any atom is -0.478 e. The third-order valence-corrected chi connectivity index (χ3v) is 5.74. The summed E-state index contributed by atoms with van der Waals surface area (Å²) in [7, 11) is 0. The molecule has 7 heteroatoms. The Hall–Kier alpha value is -2.96. The van der Waals surface area contributed by atoms with Crippen molar-refractivity contribution >= 4 is 39.1 Å². The molecule has 0 atom stereocenters. The highest BCUT2D eigenvalue weighted by Crippen LogP contribution is 2.24. The molecular formula is C21H15ClN2O3S. The molecule has 0 unspecified atom stereocenters. The molecule has 2 aromatic heterocycles. The van der Waals surface area contributed by atoms with Crippen LogP contribution in [-0.4, -0.2) is 20.6 Å². The Morgan fingerprint density at radius 1 is 1.11 bits per heavy atom. The summed E-state index contributed by atoms with van der Waals surface area (Å²) in [6.07, 6.45) is 0.455. The number of carboxylic acids is 1. The van der Waals surface area contributed by atoms with Crippen molar-refractivity contribution in [3.8, 4) is 0 Å². The van der Waals surface area contributed by atoms with Crippen molar-refractivity contribution in [2.45, 2.75) is 13.0 Å². The molecule has 0 aliphatic heterocycles. The third-order valence-electron chi connectivity index (χ3n) is 4.49. The molecule has 4 rings (SSSR count). The topological polar surface area (TPSA) is 72.2 Å². The summed E-state index contributed by atoms with van der Waals surface area (Å²) in [4.78, 5) is 29.9. The second-order valence-corrected chi connectivity index (χ2v) is 7.57. The number of fused-ring (bicyclic) bond motifs is 1. The lowest BCUT2D eigenvalue weighted by Crippen LogP contribution is -2.26. The number of aromatic carboxylic acids is 1. The molecule has 0 spiro atoms. The van der Waals surface area contributed by atoms with Gasteiger partial charge in [0.1, 0.15) is 10.7 Å². The molecule has 4 aromatic rings. The fourth-order valence-corrected chi connectivity index (χ4v) is 4.21. The Bertz CT molecular complexity index is 1230. The van der Waals surface area contributed by atoms with Gasteiger partial charge in [-0.15, -0.1) is 11.3 Å². The molecule has 0 saturated carbocycles. The predicted molar refractivity (Wildman–Crippen MR) is 111 cm³/mol.